The van der Waals surface area contributed by atoms with Gasteiger partial charge in [-0.3, -0.25) is 9.36 Å². The predicted molar refractivity (Wildman–Crippen MR) is 213 cm³/mol. The molecular formula is C42H80NO7P. The summed E-state index contributed by atoms with van der Waals surface area (Å²) in [5, 5.41) is 0. The molecule has 0 radical (unpaired) electrons. The van der Waals surface area contributed by atoms with E-state index in [1.54, 1.807) is 0 Å². The van der Waals surface area contributed by atoms with Gasteiger partial charge in [-0.05, 0) is 44.9 Å². The van der Waals surface area contributed by atoms with Crippen molar-refractivity contribution in [2.75, 3.05) is 54.1 Å². The van der Waals surface area contributed by atoms with Crippen molar-refractivity contribution in [1.82, 2.24) is 0 Å². The molecule has 0 fully saturated rings. The lowest BCUT2D eigenvalue weighted by Crippen LogP contribution is -2.37. The van der Waals surface area contributed by atoms with Crippen LogP contribution < -0.4 is 4.89 Å². The van der Waals surface area contributed by atoms with E-state index in [0.717, 1.165) is 57.8 Å². The summed E-state index contributed by atoms with van der Waals surface area (Å²) in [6.07, 6.45) is 40.1. The maximum Gasteiger partial charge on any atom is 0.306 e. The average Bonchev–Trinajstić information content (AvgIpc) is 3.08. The van der Waals surface area contributed by atoms with E-state index in [4.69, 9.17) is 18.5 Å². The van der Waals surface area contributed by atoms with Gasteiger partial charge in [-0.1, -0.05) is 153 Å². The Bertz CT molecular complexity index is 915. The summed E-state index contributed by atoms with van der Waals surface area (Å²) in [6.45, 7) is 5.28. The lowest BCUT2D eigenvalue weighted by atomic mass is 10.1. The maximum absolute atomic E-state index is 12.6. The average molecular weight is 742 g/mol. The molecule has 0 bridgehead atoms. The smallest absolute Gasteiger partial charge is 0.306 e. The number of ether oxygens (including phenoxy) is 2. The molecule has 0 aliphatic carbocycles. The van der Waals surface area contributed by atoms with Crippen molar-refractivity contribution in [2.24, 2.45) is 0 Å². The second kappa shape index (κ2) is 35.7. The van der Waals surface area contributed by atoms with Gasteiger partial charge in [0.05, 0.1) is 34.4 Å². The molecular weight excluding hydrogens is 661 g/mol. The van der Waals surface area contributed by atoms with Crippen LogP contribution in [0.3, 0.4) is 0 Å². The zero-order chi connectivity index (χ0) is 37.7. The fourth-order valence-electron chi connectivity index (χ4n) is 5.50. The van der Waals surface area contributed by atoms with Crippen LogP contribution in [0.1, 0.15) is 168 Å². The molecule has 0 rings (SSSR count). The van der Waals surface area contributed by atoms with Crippen molar-refractivity contribution in [3.8, 4) is 0 Å². The highest BCUT2D eigenvalue weighted by Crippen LogP contribution is 2.38. The topological polar surface area (TPSA) is 94.1 Å². The lowest BCUT2D eigenvalue weighted by molar-refractivity contribution is -0.870. The first-order valence-electron chi connectivity index (χ1n) is 20.7. The molecule has 0 spiro atoms. The molecule has 0 saturated heterocycles. The van der Waals surface area contributed by atoms with E-state index in [1.807, 2.05) is 21.1 Å². The van der Waals surface area contributed by atoms with Crippen LogP contribution in [0.4, 0.5) is 0 Å². The molecule has 0 amide bonds. The number of carbonyl (C=O) groups is 1. The number of phosphoric acid groups is 1. The Kier molecular flexibility index (Phi) is 34.8. The van der Waals surface area contributed by atoms with Gasteiger partial charge in [0, 0.05) is 13.0 Å². The van der Waals surface area contributed by atoms with Gasteiger partial charge in [0.2, 0.25) is 0 Å². The molecule has 300 valence electrons. The van der Waals surface area contributed by atoms with E-state index >= 15 is 0 Å². The number of hydrogen-bond donors (Lipinski definition) is 0. The second-order valence-electron chi connectivity index (χ2n) is 15.0. The normalized spacial score (nSPS) is 14.2. The van der Waals surface area contributed by atoms with E-state index in [0.29, 0.717) is 24.1 Å². The minimum atomic E-state index is -4.52. The number of esters is 1. The molecule has 51 heavy (non-hydrogen) atoms. The molecule has 0 saturated carbocycles. The third kappa shape index (κ3) is 39.8. The van der Waals surface area contributed by atoms with Crippen LogP contribution in [0.25, 0.3) is 0 Å². The number of phosphoric ester groups is 1. The fourth-order valence-corrected chi connectivity index (χ4v) is 6.23. The third-order valence-corrected chi connectivity index (χ3v) is 9.67. The van der Waals surface area contributed by atoms with Crippen molar-refractivity contribution < 1.29 is 37.3 Å². The Morgan fingerprint density at radius 3 is 1.71 bits per heavy atom. The Labute approximate surface area is 315 Å². The quantitative estimate of drug-likeness (QED) is 0.0204. The van der Waals surface area contributed by atoms with Gasteiger partial charge >= 0.3 is 5.97 Å². The zero-order valence-corrected chi connectivity index (χ0v) is 34.7. The molecule has 0 aliphatic rings. The van der Waals surface area contributed by atoms with Gasteiger partial charge in [-0.15, -0.1) is 0 Å². The van der Waals surface area contributed by atoms with Crippen molar-refractivity contribution in [3.63, 3.8) is 0 Å². The van der Waals surface area contributed by atoms with E-state index < -0.39 is 13.9 Å². The summed E-state index contributed by atoms with van der Waals surface area (Å²) in [4.78, 5) is 24.9. The molecule has 9 heteroatoms. The van der Waals surface area contributed by atoms with Crippen LogP contribution in [0.15, 0.2) is 36.5 Å². The molecule has 0 aliphatic heterocycles. The summed E-state index contributed by atoms with van der Waals surface area (Å²) in [6, 6.07) is 0. The fraction of sp³-hybridized carbons (Fsp3) is 0.833. The number of hydrogen-bond acceptors (Lipinski definition) is 7. The number of unbranched alkanes of at least 4 members (excludes halogenated alkanes) is 18. The maximum atomic E-state index is 12.6. The van der Waals surface area contributed by atoms with Crippen LogP contribution in [-0.4, -0.2) is 70.7 Å². The number of likely N-dealkylation sites (N-methyl/N-ethyl adjacent to an activating group) is 1. The van der Waals surface area contributed by atoms with E-state index in [1.165, 1.54) is 89.9 Å². The van der Waals surface area contributed by atoms with Gasteiger partial charge in [-0.2, -0.15) is 0 Å². The van der Waals surface area contributed by atoms with Gasteiger partial charge < -0.3 is 27.9 Å². The Morgan fingerprint density at radius 2 is 1.14 bits per heavy atom. The molecule has 2 unspecified atom stereocenters. The minimum absolute atomic E-state index is 0.0250. The first-order chi connectivity index (χ1) is 24.6. The Morgan fingerprint density at radius 1 is 0.627 bits per heavy atom. The highest BCUT2D eigenvalue weighted by Gasteiger charge is 2.20. The van der Waals surface area contributed by atoms with E-state index in [9.17, 15) is 14.3 Å². The molecule has 8 nitrogen and oxygen atoms in total. The first-order valence-corrected chi connectivity index (χ1v) is 22.2. The summed E-state index contributed by atoms with van der Waals surface area (Å²) in [5.74, 6) is -0.339. The van der Waals surface area contributed by atoms with E-state index in [-0.39, 0.29) is 25.8 Å². The van der Waals surface area contributed by atoms with Crippen molar-refractivity contribution >= 4 is 13.8 Å². The van der Waals surface area contributed by atoms with E-state index in [2.05, 4.69) is 50.3 Å². The first kappa shape index (κ1) is 49.7. The standard InChI is InChI=1S/C42H80NO7P/c1-6-8-10-12-14-16-18-19-20-21-22-23-24-26-28-30-32-34-37-47-39-41(40-49-51(45,46)48-38-36-43(3,4)5)50-42(44)35-33-31-29-27-25-17-15-13-11-9-7-2/h8,10,14,16,19-20,41H,6-7,9,11-13,15,17-18,21-40H2,1-5H3/b10-8-,16-14-,20-19-. The second-order valence-corrected chi connectivity index (χ2v) is 16.4. The number of carbonyl (C=O) groups excluding carboxylic acids is 1. The predicted octanol–water partition coefficient (Wildman–Crippen LogP) is 11.2. The van der Waals surface area contributed by atoms with Crippen LogP contribution >= 0.6 is 7.82 Å². The zero-order valence-electron chi connectivity index (χ0n) is 33.8. The molecule has 2 atom stereocenters. The summed E-state index contributed by atoms with van der Waals surface area (Å²) in [5.41, 5.74) is 0. The van der Waals surface area contributed by atoms with Crippen molar-refractivity contribution in [3.05, 3.63) is 36.5 Å². The molecule has 0 aromatic heterocycles. The monoisotopic (exact) mass is 742 g/mol. The van der Waals surface area contributed by atoms with Crippen LogP contribution in [0, 0.1) is 0 Å². The third-order valence-electron chi connectivity index (χ3n) is 8.71. The molecule has 0 N–H and O–H groups in total. The Hall–Kier alpha value is -1.28. The Balaban J connectivity index is 4.23. The highest BCUT2D eigenvalue weighted by atomic mass is 31.2. The summed E-state index contributed by atoms with van der Waals surface area (Å²) in [7, 11) is 1.35. The molecule has 0 heterocycles. The minimum Gasteiger partial charge on any atom is -0.756 e. The number of nitrogens with zero attached hydrogens (tertiary/aromatic N) is 1. The van der Waals surface area contributed by atoms with Gasteiger partial charge in [0.15, 0.2) is 0 Å². The highest BCUT2D eigenvalue weighted by molar-refractivity contribution is 7.45. The molecule has 0 aromatic carbocycles. The van der Waals surface area contributed by atoms with Gasteiger partial charge in [-0.25, -0.2) is 0 Å². The van der Waals surface area contributed by atoms with Crippen LogP contribution in [0.2, 0.25) is 0 Å². The summed E-state index contributed by atoms with van der Waals surface area (Å²) < 4.78 is 34.5. The van der Waals surface area contributed by atoms with Gasteiger partial charge in [0.1, 0.15) is 19.3 Å². The van der Waals surface area contributed by atoms with Crippen LogP contribution in [-0.2, 0) is 27.9 Å². The SMILES string of the molecule is CC/C=C\C/C=C\C/C=C\CCCCCCCCCCOCC(COP(=O)([O-])OCC[N+](C)(C)C)OC(=O)CCCCCCCCCCCCC. The number of rotatable bonds is 38. The van der Waals surface area contributed by atoms with Gasteiger partial charge in [0.25, 0.3) is 7.82 Å². The lowest BCUT2D eigenvalue weighted by Gasteiger charge is -2.28. The summed E-state index contributed by atoms with van der Waals surface area (Å²) >= 11 is 0. The van der Waals surface area contributed by atoms with Crippen molar-refractivity contribution in [1.29, 1.82) is 0 Å². The molecule has 0 aromatic rings. The van der Waals surface area contributed by atoms with Crippen LogP contribution in [0.5, 0.6) is 0 Å². The number of allylic oxidation sites excluding steroid dienone is 6. The van der Waals surface area contributed by atoms with Crippen molar-refractivity contribution in [2.45, 2.75) is 174 Å². The number of quaternary nitrogens is 1. The largest absolute Gasteiger partial charge is 0.756 e.